The zero-order valence-corrected chi connectivity index (χ0v) is 7.06. The predicted octanol–water partition coefficient (Wildman–Crippen LogP) is 0.170. The molecule has 66 valence electrons. The average molecular weight is 176 g/mol. The smallest absolute Gasteiger partial charge is 0.248 e. The van der Waals surface area contributed by atoms with Crippen LogP contribution in [0.4, 0.5) is 0 Å². The van der Waals surface area contributed by atoms with Crippen LogP contribution >= 0.6 is 0 Å². The monoisotopic (exact) mass is 176 g/mol. The minimum Gasteiger partial charge on any atom is -0.319 e. The molecule has 13 heavy (non-hydrogen) atoms. The Morgan fingerprint density at radius 2 is 2.31 bits per heavy atom. The standard InChI is InChI=1S/C8H8N4O/c1-12-5-9-11-8(12)6-3-2-4-7(13)10-6/h2-5H,1H3,(H,10,13). The first-order valence-corrected chi connectivity index (χ1v) is 3.81. The Kier molecular flexibility index (Phi) is 1.70. The van der Waals surface area contributed by atoms with E-state index in [0.29, 0.717) is 11.5 Å². The van der Waals surface area contributed by atoms with Crippen molar-refractivity contribution in [2.75, 3.05) is 0 Å². The fourth-order valence-corrected chi connectivity index (χ4v) is 1.11. The van der Waals surface area contributed by atoms with Crippen LogP contribution in [-0.2, 0) is 7.05 Å². The SMILES string of the molecule is Cn1cnnc1-c1cccc(=O)[nH]1. The summed E-state index contributed by atoms with van der Waals surface area (Å²) < 4.78 is 1.74. The van der Waals surface area contributed by atoms with Gasteiger partial charge in [-0.3, -0.25) is 4.79 Å². The fraction of sp³-hybridized carbons (Fsp3) is 0.125. The molecule has 0 fully saturated rings. The van der Waals surface area contributed by atoms with Crippen LogP contribution in [0.5, 0.6) is 0 Å². The van der Waals surface area contributed by atoms with E-state index in [2.05, 4.69) is 15.2 Å². The largest absolute Gasteiger partial charge is 0.319 e. The quantitative estimate of drug-likeness (QED) is 0.673. The lowest BCUT2D eigenvalue weighted by atomic mass is 10.3. The van der Waals surface area contributed by atoms with Crippen molar-refractivity contribution in [3.63, 3.8) is 0 Å². The van der Waals surface area contributed by atoms with Crippen molar-refractivity contribution >= 4 is 0 Å². The summed E-state index contributed by atoms with van der Waals surface area (Å²) in [5.41, 5.74) is 0.535. The van der Waals surface area contributed by atoms with E-state index in [0.717, 1.165) is 0 Å². The lowest BCUT2D eigenvalue weighted by Gasteiger charge is -1.98. The molecule has 2 rings (SSSR count). The second-order valence-electron chi connectivity index (χ2n) is 2.69. The second kappa shape index (κ2) is 2.85. The van der Waals surface area contributed by atoms with E-state index in [1.807, 2.05) is 7.05 Å². The van der Waals surface area contributed by atoms with Gasteiger partial charge in [-0.15, -0.1) is 10.2 Å². The number of aromatic amines is 1. The maximum absolute atomic E-state index is 11.0. The maximum atomic E-state index is 11.0. The molecule has 0 aliphatic rings. The number of aromatic nitrogens is 4. The lowest BCUT2D eigenvalue weighted by Crippen LogP contribution is -2.05. The van der Waals surface area contributed by atoms with Gasteiger partial charge in [-0.1, -0.05) is 6.07 Å². The zero-order valence-electron chi connectivity index (χ0n) is 7.06. The summed E-state index contributed by atoms with van der Waals surface area (Å²) in [6.07, 6.45) is 1.58. The molecule has 0 unspecified atom stereocenters. The van der Waals surface area contributed by atoms with E-state index in [9.17, 15) is 4.79 Å². The number of nitrogens with zero attached hydrogens (tertiary/aromatic N) is 3. The minimum atomic E-state index is -0.138. The normalized spacial score (nSPS) is 10.2. The maximum Gasteiger partial charge on any atom is 0.248 e. The van der Waals surface area contributed by atoms with Gasteiger partial charge in [-0.2, -0.15) is 0 Å². The third-order valence-electron chi connectivity index (χ3n) is 1.72. The van der Waals surface area contributed by atoms with Gasteiger partial charge in [0, 0.05) is 13.1 Å². The van der Waals surface area contributed by atoms with Crippen molar-refractivity contribution in [1.82, 2.24) is 19.7 Å². The van der Waals surface area contributed by atoms with Gasteiger partial charge in [0.1, 0.15) is 6.33 Å². The number of pyridine rings is 1. The van der Waals surface area contributed by atoms with Gasteiger partial charge in [0.05, 0.1) is 5.69 Å². The van der Waals surface area contributed by atoms with Crippen LogP contribution < -0.4 is 5.56 Å². The summed E-state index contributed by atoms with van der Waals surface area (Å²) in [5, 5.41) is 7.59. The van der Waals surface area contributed by atoms with Crippen molar-refractivity contribution < 1.29 is 0 Å². The van der Waals surface area contributed by atoms with Crippen molar-refractivity contribution in [2.24, 2.45) is 7.05 Å². The number of H-pyrrole nitrogens is 1. The highest BCUT2D eigenvalue weighted by Gasteiger charge is 2.03. The topological polar surface area (TPSA) is 63.6 Å². The van der Waals surface area contributed by atoms with Crippen LogP contribution in [0.3, 0.4) is 0 Å². The first kappa shape index (κ1) is 7.72. The highest BCUT2D eigenvalue weighted by molar-refractivity contribution is 5.47. The Morgan fingerprint density at radius 1 is 1.46 bits per heavy atom. The van der Waals surface area contributed by atoms with Crippen LogP contribution in [0.2, 0.25) is 0 Å². The zero-order chi connectivity index (χ0) is 9.26. The van der Waals surface area contributed by atoms with Crippen molar-refractivity contribution in [1.29, 1.82) is 0 Å². The Bertz CT molecular complexity index is 471. The van der Waals surface area contributed by atoms with Gasteiger partial charge >= 0.3 is 0 Å². The van der Waals surface area contributed by atoms with Crippen molar-refractivity contribution in [2.45, 2.75) is 0 Å². The molecule has 0 aliphatic carbocycles. The molecule has 0 atom stereocenters. The molecule has 5 heteroatoms. The molecular formula is C8H8N4O. The summed E-state index contributed by atoms with van der Waals surface area (Å²) in [5.74, 6) is 0.651. The molecule has 0 saturated carbocycles. The molecule has 0 bridgehead atoms. The second-order valence-corrected chi connectivity index (χ2v) is 2.69. The summed E-state index contributed by atoms with van der Waals surface area (Å²) in [6.45, 7) is 0. The van der Waals surface area contributed by atoms with Crippen LogP contribution in [0.1, 0.15) is 0 Å². The number of nitrogens with one attached hydrogen (secondary N) is 1. The van der Waals surface area contributed by atoms with Gasteiger partial charge < -0.3 is 9.55 Å². The number of rotatable bonds is 1. The molecule has 0 saturated heterocycles. The molecule has 0 amide bonds. The van der Waals surface area contributed by atoms with Crippen LogP contribution in [0.25, 0.3) is 11.5 Å². The van der Waals surface area contributed by atoms with Crippen molar-refractivity contribution in [3.05, 3.63) is 34.9 Å². The Balaban J connectivity index is 2.59. The highest BCUT2D eigenvalue weighted by atomic mass is 16.1. The van der Waals surface area contributed by atoms with Gasteiger partial charge in [0.2, 0.25) is 5.56 Å². The molecule has 0 spiro atoms. The van der Waals surface area contributed by atoms with Gasteiger partial charge in [0.25, 0.3) is 0 Å². The van der Waals surface area contributed by atoms with Crippen molar-refractivity contribution in [3.8, 4) is 11.5 Å². The van der Waals surface area contributed by atoms with E-state index in [4.69, 9.17) is 0 Å². The summed E-state index contributed by atoms with van der Waals surface area (Å²) >= 11 is 0. The molecule has 0 aromatic carbocycles. The Hall–Kier alpha value is -1.91. The Labute approximate surface area is 74.1 Å². The molecule has 2 heterocycles. The number of aryl methyl sites for hydroxylation is 1. The highest BCUT2D eigenvalue weighted by Crippen LogP contribution is 2.08. The van der Waals surface area contributed by atoms with Gasteiger partial charge in [-0.05, 0) is 6.07 Å². The number of hydrogen-bond donors (Lipinski definition) is 1. The Morgan fingerprint density at radius 3 is 2.92 bits per heavy atom. The predicted molar refractivity (Wildman–Crippen MR) is 47.1 cm³/mol. The minimum absolute atomic E-state index is 0.138. The number of hydrogen-bond acceptors (Lipinski definition) is 3. The third-order valence-corrected chi connectivity index (χ3v) is 1.72. The van der Waals surface area contributed by atoms with E-state index in [-0.39, 0.29) is 5.56 Å². The molecule has 0 aliphatic heterocycles. The van der Waals surface area contributed by atoms with E-state index in [1.54, 1.807) is 23.0 Å². The summed E-state index contributed by atoms with van der Waals surface area (Å²) in [4.78, 5) is 13.7. The molecule has 2 aromatic heterocycles. The molecule has 0 radical (unpaired) electrons. The van der Waals surface area contributed by atoms with E-state index < -0.39 is 0 Å². The first-order chi connectivity index (χ1) is 6.27. The first-order valence-electron chi connectivity index (χ1n) is 3.81. The molecule has 1 N–H and O–H groups in total. The molecule has 5 nitrogen and oxygen atoms in total. The molecular weight excluding hydrogens is 168 g/mol. The third kappa shape index (κ3) is 1.35. The van der Waals surface area contributed by atoms with E-state index >= 15 is 0 Å². The van der Waals surface area contributed by atoms with E-state index in [1.165, 1.54) is 6.07 Å². The van der Waals surface area contributed by atoms with Crippen LogP contribution in [0, 0.1) is 0 Å². The lowest BCUT2D eigenvalue weighted by molar-refractivity contribution is 0.912. The summed E-state index contributed by atoms with van der Waals surface area (Å²) in [7, 11) is 1.82. The van der Waals surface area contributed by atoms with Gasteiger partial charge in [-0.25, -0.2) is 0 Å². The van der Waals surface area contributed by atoms with Crippen LogP contribution in [0.15, 0.2) is 29.3 Å². The molecule has 2 aromatic rings. The van der Waals surface area contributed by atoms with Gasteiger partial charge in [0.15, 0.2) is 5.82 Å². The summed E-state index contributed by atoms with van der Waals surface area (Å²) in [6, 6.07) is 4.92. The fourth-order valence-electron chi connectivity index (χ4n) is 1.11. The van der Waals surface area contributed by atoms with Crippen LogP contribution in [-0.4, -0.2) is 19.7 Å². The average Bonchev–Trinajstić information content (AvgIpc) is 2.51.